The van der Waals surface area contributed by atoms with Crippen molar-refractivity contribution in [1.82, 2.24) is 15.2 Å². The van der Waals surface area contributed by atoms with Crippen LogP contribution < -0.4 is 16.1 Å². The number of rotatable bonds is 9. The summed E-state index contributed by atoms with van der Waals surface area (Å²) in [6.07, 6.45) is 6.00. The van der Waals surface area contributed by atoms with Gasteiger partial charge < -0.3 is 19.6 Å². The van der Waals surface area contributed by atoms with E-state index in [9.17, 15) is 18.8 Å². The number of amides is 2. The molecule has 0 saturated heterocycles. The molecule has 2 heterocycles. The van der Waals surface area contributed by atoms with E-state index in [-0.39, 0.29) is 24.2 Å². The number of hydrogen-bond donors (Lipinski definition) is 2. The van der Waals surface area contributed by atoms with Gasteiger partial charge in [0.25, 0.3) is 11.8 Å². The fourth-order valence-corrected chi connectivity index (χ4v) is 3.20. The molecule has 168 valence electrons. The highest BCUT2D eigenvalue weighted by Crippen LogP contribution is 2.11. The standard InChI is InChI=1S/C24H26FN3O4/c1-3-4-9-26-23(30)20-14-28(13-19-6-5-10-32-19)15-21(22(20)29)24(31)27-12-17-11-18(25)8-7-16(17)2/h5-8,10-11,14-15H,3-4,9,12-13H2,1-2H3,(H,26,30)(H,27,31). The molecule has 2 aromatic heterocycles. The second kappa shape index (κ2) is 10.6. The molecule has 0 aliphatic heterocycles. The molecule has 2 N–H and O–H groups in total. The van der Waals surface area contributed by atoms with E-state index in [1.807, 2.05) is 6.92 Å². The SMILES string of the molecule is CCCCNC(=O)c1cn(Cc2ccco2)cc(C(=O)NCc2cc(F)ccc2C)c1=O. The summed E-state index contributed by atoms with van der Waals surface area (Å²) in [4.78, 5) is 38.4. The van der Waals surface area contributed by atoms with Gasteiger partial charge in [0.2, 0.25) is 5.43 Å². The molecular weight excluding hydrogens is 413 g/mol. The fraction of sp³-hybridized carbons (Fsp3) is 0.292. The smallest absolute Gasteiger partial charge is 0.257 e. The van der Waals surface area contributed by atoms with E-state index in [1.165, 1.54) is 30.8 Å². The number of hydrogen-bond acceptors (Lipinski definition) is 4. The third-order valence-corrected chi connectivity index (χ3v) is 5.05. The lowest BCUT2D eigenvalue weighted by Crippen LogP contribution is -2.35. The average molecular weight is 439 g/mol. The van der Waals surface area contributed by atoms with Gasteiger partial charge in [-0.1, -0.05) is 19.4 Å². The number of benzene rings is 1. The molecule has 7 nitrogen and oxygen atoms in total. The van der Waals surface area contributed by atoms with Crippen LogP contribution in [0, 0.1) is 12.7 Å². The highest BCUT2D eigenvalue weighted by atomic mass is 19.1. The zero-order valence-electron chi connectivity index (χ0n) is 18.1. The summed E-state index contributed by atoms with van der Waals surface area (Å²) in [6.45, 7) is 4.52. The summed E-state index contributed by atoms with van der Waals surface area (Å²) in [6, 6.07) is 7.78. The lowest BCUT2D eigenvalue weighted by molar-refractivity contribution is 0.0948. The van der Waals surface area contributed by atoms with Gasteiger partial charge in [0.15, 0.2) is 0 Å². The molecule has 2 amide bonds. The van der Waals surface area contributed by atoms with E-state index >= 15 is 0 Å². The van der Waals surface area contributed by atoms with Gasteiger partial charge >= 0.3 is 0 Å². The van der Waals surface area contributed by atoms with Crippen molar-refractivity contribution < 1.29 is 18.4 Å². The third kappa shape index (κ3) is 5.72. The zero-order chi connectivity index (χ0) is 23.1. The maximum Gasteiger partial charge on any atom is 0.257 e. The molecule has 0 bridgehead atoms. The zero-order valence-corrected chi connectivity index (χ0v) is 18.1. The normalized spacial score (nSPS) is 10.7. The number of pyridine rings is 1. The van der Waals surface area contributed by atoms with E-state index in [2.05, 4.69) is 10.6 Å². The van der Waals surface area contributed by atoms with E-state index in [0.717, 1.165) is 18.4 Å². The molecule has 0 aliphatic rings. The minimum absolute atomic E-state index is 0.0486. The van der Waals surface area contributed by atoms with Crippen molar-refractivity contribution in [3.8, 4) is 0 Å². The monoisotopic (exact) mass is 439 g/mol. The Bertz CT molecular complexity index is 1150. The molecule has 1 aromatic carbocycles. The largest absolute Gasteiger partial charge is 0.467 e. The Hall–Kier alpha value is -3.68. The molecule has 0 unspecified atom stereocenters. The maximum atomic E-state index is 13.5. The van der Waals surface area contributed by atoms with Crippen molar-refractivity contribution in [3.05, 3.63) is 93.0 Å². The Morgan fingerprint density at radius 2 is 1.81 bits per heavy atom. The number of halogens is 1. The molecule has 0 fully saturated rings. The van der Waals surface area contributed by atoms with Gasteiger partial charge in [-0.3, -0.25) is 14.4 Å². The predicted octanol–water partition coefficient (Wildman–Crippen LogP) is 3.40. The first-order chi connectivity index (χ1) is 15.4. The van der Waals surface area contributed by atoms with Crippen molar-refractivity contribution in [2.45, 2.75) is 39.8 Å². The van der Waals surface area contributed by atoms with E-state index in [1.54, 1.807) is 29.7 Å². The van der Waals surface area contributed by atoms with Gasteiger partial charge in [0.05, 0.1) is 12.8 Å². The van der Waals surface area contributed by atoms with Gasteiger partial charge in [0.1, 0.15) is 22.7 Å². The van der Waals surface area contributed by atoms with Crippen molar-refractivity contribution in [2.75, 3.05) is 6.54 Å². The topological polar surface area (TPSA) is 93.3 Å². The first-order valence-corrected chi connectivity index (χ1v) is 10.5. The number of aryl methyl sites for hydroxylation is 1. The summed E-state index contributed by atoms with van der Waals surface area (Å²) in [7, 11) is 0. The molecule has 3 aromatic rings. The molecule has 0 aliphatic carbocycles. The second-order valence-corrected chi connectivity index (χ2v) is 7.53. The Labute approximate surface area is 185 Å². The van der Waals surface area contributed by atoms with Crippen LogP contribution >= 0.6 is 0 Å². The number of nitrogens with zero attached hydrogens (tertiary/aromatic N) is 1. The fourth-order valence-electron chi connectivity index (χ4n) is 3.20. The van der Waals surface area contributed by atoms with Crippen molar-refractivity contribution >= 4 is 11.8 Å². The molecule has 0 radical (unpaired) electrons. The number of aromatic nitrogens is 1. The van der Waals surface area contributed by atoms with Crippen LogP contribution in [0.4, 0.5) is 4.39 Å². The van der Waals surface area contributed by atoms with Crippen LogP contribution in [0.2, 0.25) is 0 Å². The Morgan fingerprint density at radius 3 is 2.47 bits per heavy atom. The minimum Gasteiger partial charge on any atom is -0.467 e. The molecule has 8 heteroatoms. The lowest BCUT2D eigenvalue weighted by Gasteiger charge is -2.12. The second-order valence-electron chi connectivity index (χ2n) is 7.53. The predicted molar refractivity (Wildman–Crippen MR) is 118 cm³/mol. The molecule has 0 saturated carbocycles. The summed E-state index contributed by atoms with van der Waals surface area (Å²) in [5.41, 5.74) is 0.452. The minimum atomic E-state index is -0.664. The summed E-state index contributed by atoms with van der Waals surface area (Å²) in [5, 5.41) is 5.37. The highest BCUT2D eigenvalue weighted by Gasteiger charge is 2.20. The Morgan fingerprint density at radius 1 is 1.09 bits per heavy atom. The number of carbonyl (C=O) groups excluding carboxylic acids is 2. The van der Waals surface area contributed by atoms with Crippen LogP contribution in [0.3, 0.4) is 0 Å². The molecular formula is C24H26FN3O4. The van der Waals surface area contributed by atoms with Crippen molar-refractivity contribution in [3.63, 3.8) is 0 Å². The van der Waals surface area contributed by atoms with Gasteiger partial charge in [0, 0.05) is 25.5 Å². The van der Waals surface area contributed by atoms with Crippen LogP contribution in [0.5, 0.6) is 0 Å². The van der Waals surface area contributed by atoms with E-state index in [0.29, 0.717) is 17.9 Å². The first-order valence-electron chi connectivity index (χ1n) is 10.5. The third-order valence-electron chi connectivity index (χ3n) is 5.05. The Kier molecular flexibility index (Phi) is 7.59. The van der Waals surface area contributed by atoms with E-state index in [4.69, 9.17) is 4.42 Å². The Balaban J connectivity index is 1.89. The number of carbonyl (C=O) groups is 2. The average Bonchev–Trinajstić information content (AvgIpc) is 3.28. The summed E-state index contributed by atoms with van der Waals surface area (Å²) < 4.78 is 20.5. The number of unbranched alkanes of at least 4 members (excludes halogenated alkanes) is 1. The summed E-state index contributed by atoms with van der Waals surface area (Å²) >= 11 is 0. The summed E-state index contributed by atoms with van der Waals surface area (Å²) in [5.74, 6) is -0.985. The van der Waals surface area contributed by atoms with Crippen LogP contribution in [0.25, 0.3) is 0 Å². The van der Waals surface area contributed by atoms with Crippen LogP contribution in [0.15, 0.2) is 58.2 Å². The van der Waals surface area contributed by atoms with E-state index < -0.39 is 23.1 Å². The van der Waals surface area contributed by atoms with Crippen LogP contribution in [-0.2, 0) is 13.1 Å². The van der Waals surface area contributed by atoms with Gasteiger partial charge in [-0.15, -0.1) is 0 Å². The quantitative estimate of drug-likeness (QED) is 0.500. The highest BCUT2D eigenvalue weighted by molar-refractivity contribution is 5.99. The lowest BCUT2D eigenvalue weighted by atomic mass is 10.1. The number of nitrogens with one attached hydrogen (secondary N) is 2. The van der Waals surface area contributed by atoms with Crippen LogP contribution in [0.1, 0.15) is 57.4 Å². The number of furan rings is 1. The van der Waals surface area contributed by atoms with Gasteiger partial charge in [-0.05, 0) is 48.7 Å². The molecule has 0 atom stereocenters. The van der Waals surface area contributed by atoms with Crippen molar-refractivity contribution in [1.29, 1.82) is 0 Å². The van der Waals surface area contributed by atoms with Gasteiger partial charge in [-0.25, -0.2) is 4.39 Å². The van der Waals surface area contributed by atoms with Gasteiger partial charge in [-0.2, -0.15) is 0 Å². The van der Waals surface area contributed by atoms with Crippen molar-refractivity contribution in [2.24, 2.45) is 0 Å². The first kappa shape index (κ1) is 23.0. The molecule has 3 rings (SSSR count). The molecule has 0 spiro atoms. The molecule has 32 heavy (non-hydrogen) atoms. The van der Waals surface area contributed by atoms with Crippen LogP contribution in [-0.4, -0.2) is 22.9 Å². The maximum absolute atomic E-state index is 13.5.